The molecule has 0 heterocycles. The molecule has 2 amide bonds. The second-order valence-electron chi connectivity index (χ2n) is 5.68. The van der Waals surface area contributed by atoms with Gasteiger partial charge in [-0.2, -0.15) is 5.10 Å². The summed E-state index contributed by atoms with van der Waals surface area (Å²) >= 11 is 5.87. The van der Waals surface area contributed by atoms with Gasteiger partial charge in [0.1, 0.15) is 5.75 Å². The van der Waals surface area contributed by atoms with Crippen LogP contribution in [0.1, 0.15) is 42.6 Å². The van der Waals surface area contributed by atoms with Crippen LogP contribution in [0.25, 0.3) is 0 Å². The molecular weight excluding hydrogens is 354 g/mol. The second kappa shape index (κ2) is 9.01. The first-order chi connectivity index (χ1) is 12.4. The van der Waals surface area contributed by atoms with Crippen LogP contribution in [0.15, 0.2) is 47.6 Å². The number of benzene rings is 2. The van der Waals surface area contributed by atoms with Gasteiger partial charge in [0.25, 0.3) is 5.91 Å². The smallest absolute Gasteiger partial charge is 0.271 e. The first-order valence-corrected chi connectivity index (χ1v) is 8.52. The molecule has 0 aromatic heterocycles. The van der Waals surface area contributed by atoms with Crippen molar-refractivity contribution in [1.82, 2.24) is 5.43 Å². The third-order valence-electron chi connectivity index (χ3n) is 3.56. The molecule has 3 N–H and O–H groups in total. The van der Waals surface area contributed by atoms with Gasteiger partial charge in [0.05, 0.1) is 5.71 Å². The van der Waals surface area contributed by atoms with Gasteiger partial charge in [-0.15, -0.1) is 0 Å². The van der Waals surface area contributed by atoms with E-state index in [1.807, 2.05) is 6.92 Å². The van der Waals surface area contributed by atoms with Gasteiger partial charge in [-0.3, -0.25) is 9.59 Å². The number of carbonyl (C=O) groups excluding carboxylic acids is 2. The highest BCUT2D eigenvalue weighted by molar-refractivity contribution is 6.31. The zero-order valence-electron chi connectivity index (χ0n) is 14.5. The molecule has 0 spiro atoms. The summed E-state index contributed by atoms with van der Waals surface area (Å²) in [5.74, 6) is -0.525. The van der Waals surface area contributed by atoms with Crippen LogP contribution in [-0.2, 0) is 4.79 Å². The fraction of sp³-hybridized carbons (Fsp3) is 0.211. The van der Waals surface area contributed by atoms with Crippen molar-refractivity contribution in [2.45, 2.75) is 26.7 Å². The lowest BCUT2D eigenvalue weighted by Crippen LogP contribution is -2.19. The first kappa shape index (κ1) is 19.5. The van der Waals surface area contributed by atoms with E-state index in [0.717, 1.165) is 6.42 Å². The Hall–Kier alpha value is -2.86. The molecule has 0 aliphatic heterocycles. The molecule has 26 heavy (non-hydrogen) atoms. The maximum absolute atomic E-state index is 12.1. The van der Waals surface area contributed by atoms with Gasteiger partial charge in [0, 0.05) is 28.3 Å². The van der Waals surface area contributed by atoms with Crippen LogP contribution in [-0.4, -0.2) is 22.6 Å². The SMILES string of the molecule is CCCC(=O)Nc1ccc(O)c(/C(C)=N/NC(=O)c2cccc(Cl)c2)c1. The predicted molar refractivity (Wildman–Crippen MR) is 103 cm³/mol. The van der Waals surface area contributed by atoms with Crippen LogP contribution in [0.2, 0.25) is 5.02 Å². The molecule has 0 aliphatic rings. The van der Waals surface area contributed by atoms with Crippen molar-refractivity contribution in [3.63, 3.8) is 0 Å². The summed E-state index contributed by atoms with van der Waals surface area (Å²) in [5, 5.41) is 17.3. The topological polar surface area (TPSA) is 90.8 Å². The summed E-state index contributed by atoms with van der Waals surface area (Å²) in [6.45, 7) is 3.56. The Balaban J connectivity index is 2.14. The van der Waals surface area contributed by atoms with Gasteiger partial charge in [0.2, 0.25) is 5.91 Å². The quantitative estimate of drug-likeness (QED) is 0.407. The fourth-order valence-electron chi connectivity index (χ4n) is 2.24. The molecule has 2 aromatic rings. The number of halogens is 1. The number of hydrogen-bond acceptors (Lipinski definition) is 4. The van der Waals surface area contributed by atoms with E-state index in [2.05, 4.69) is 15.8 Å². The minimum absolute atomic E-state index is 0.00301. The fourth-order valence-corrected chi connectivity index (χ4v) is 2.43. The van der Waals surface area contributed by atoms with Crippen molar-refractivity contribution >= 4 is 34.8 Å². The number of hydrogen-bond donors (Lipinski definition) is 3. The van der Waals surface area contributed by atoms with Crippen molar-refractivity contribution in [3.8, 4) is 5.75 Å². The number of carbonyl (C=O) groups is 2. The molecule has 0 radical (unpaired) electrons. The molecule has 2 rings (SSSR count). The number of rotatable bonds is 6. The standard InChI is InChI=1S/C19H20ClN3O3/c1-3-5-18(25)21-15-8-9-17(24)16(11-15)12(2)22-23-19(26)13-6-4-7-14(20)10-13/h4,6-11,24H,3,5H2,1-2H3,(H,21,25)(H,23,26)/b22-12+. The van der Waals surface area contributed by atoms with E-state index in [-0.39, 0.29) is 11.7 Å². The second-order valence-corrected chi connectivity index (χ2v) is 6.12. The Morgan fingerprint density at radius 3 is 2.65 bits per heavy atom. The molecule has 0 fully saturated rings. The molecular formula is C19H20ClN3O3. The van der Waals surface area contributed by atoms with Gasteiger partial charge < -0.3 is 10.4 Å². The van der Waals surface area contributed by atoms with Crippen LogP contribution in [0.5, 0.6) is 5.75 Å². The van der Waals surface area contributed by atoms with Gasteiger partial charge in [0.15, 0.2) is 0 Å². The Morgan fingerprint density at radius 1 is 1.19 bits per heavy atom. The summed E-state index contributed by atoms with van der Waals surface area (Å²) in [5.41, 5.74) is 4.15. The van der Waals surface area contributed by atoms with Crippen molar-refractivity contribution in [1.29, 1.82) is 0 Å². The van der Waals surface area contributed by atoms with E-state index in [1.54, 1.807) is 37.3 Å². The van der Waals surface area contributed by atoms with E-state index in [9.17, 15) is 14.7 Å². The molecule has 7 heteroatoms. The lowest BCUT2D eigenvalue weighted by atomic mass is 10.1. The first-order valence-electron chi connectivity index (χ1n) is 8.14. The maximum atomic E-state index is 12.1. The number of phenolic OH excluding ortho intramolecular Hbond substituents is 1. The zero-order valence-corrected chi connectivity index (χ0v) is 15.3. The van der Waals surface area contributed by atoms with Gasteiger partial charge in [-0.1, -0.05) is 24.6 Å². The lowest BCUT2D eigenvalue weighted by molar-refractivity contribution is -0.116. The highest BCUT2D eigenvalue weighted by Crippen LogP contribution is 2.22. The molecule has 136 valence electrons. The molecule has 0 unspecified atom stereocenters. The van der Waals surface area contributed by atoms with E-state index < -0.39 is 5.91 Å². The van der Waals surface area contributed by atoms with Crippen LogP contribution < -0.4 is 10.7 Å². The summed E-state index contributed by atoms with van der Waals surface area (Å²) in [4.78, 5) is 23.8. The molecule has 0 atom stereocenters. The molecule has 2 aromatic carbocycles. The monoisotopic (exact) mass is 373 g/mol. The number of aromatic hydroxyl groups is 1. The lowest BCUT2D eigenvalue weighted by Gasteiger charge is -2.09. The van der Waals surface area contributed by atoms with Gasteiger partial charge in [-0.05, 0) is 49.7 Å². The highest BCUT2D eigenvalue weighted by Gasteiger charge is 2.10. The number of hydrazone groups is 1. The Morgan fingerprint density at radius 2 is 1.96 bits per heavy atom. The molecule has 0 saturated heterocycles. The summed E-state index contributed by atoms with van der Waals surface area (Å²) in [6.07, 6.45) is 1.16. The Kier molecular flexibility index (Phi) is 6.74. The number of nitrogens with one attached hydrogen (secondary N) is 2. The van der Waals surface area contributed by atoms with Crippen molar-refractivity contribution < 1.29 is 14.7 Å². The summed E-state index contributed by atoms with van der Waals surface area (Å²) < 4.78 is 0. The van der Waals surface area contributed by atoms with E-state index in [0.29, 0.717) is 34.0 Å². The molecule has 0 bridgehead atoms. The van der Waals surface area contributed by atoms with Crippen LogP contribution in [0.3, 0.4) is 0 Å². The van der Waals surface area contributed by atoms with Crippen molar-refractivity contribution in [2.24, 2.45) is 5.10 Å². The Labute approximate surface area is 156 Å². The number of phenols is 1. The van der Waals surface area contributed by atoms with Crippen LogP contribution in [0.4, 0.5) is 5.69 Å². The summed E-state index contributed by atoms with van der Waals surface area (Å²) in [6, 6.07) is 11.2. The maximum Gasteiger partial charge on any atom is 0.271 e. The van der Waals surface area contributed by atoms with E-state index in [1.165, 1.54) is 12.1 Å². The zero-order chi connectivity index (χ0) is 19.1. The third kappa shape index (κ3) is 5.32. The Bertz CT molecular complexity index is 850. The minimum Gasteiger partial charge on any atom is -0.507 e. The van der Waals surface area contributed by atoms with E-state index >= 15 is 0 Å². The van der Waals surface area contributed by atoms with Crippen LogP contribution in [0, 0.1) is 0 Å². The number of anilines is 1. The van der Waals surface area contributed by atoms with Gasteiger partial charge >= 0.3 is 0 Å². The molecule has 6 nitrogen and oxygen atoms in total. The predicted octanol–water partition coefficient (Wildman–Crippen LogP) is 3.94. The van der Waals surface area contributed by atoms with Gasteiger partial charge in [-0.25, -0.2) is 5.43 Å². The molecule has 0 aliphatic carbocycles. The van der Waals surface area contributed by atoms with E-state index in [4.69, 9.17) is 11.6 Å². The number of nitrogens with zero attached hydrogens (tertiary/aromatic N) is 1. The van der Waals surface area contributed by atoms with Crippen molar-refractivity contribution in [2.75, 3.05) is 5.32 Å². The molecule has 0 saturated carbocycles. The number of amides is 2. The minimum atomic E-state index is -0.418. The van der Waals surface area contributed by atoms with Crippen LogP contribution >= 0.6 is 11.6 Å². The largest absolute Gasteiger partial charge is 0.507 e. The average molecular weight is 374 g/mol. The van der Waals surface area contributed by atoms with Crippen molar-refractivity contribution in [3.05, 3.63) is 58.6 Å². The average Bonchev–Trinajstić information content (AvgIpc) is 2.61. The third-order valence-corrected chi connectivity index (χ3v) is 3.79. The summed E-state index contributed by atoms with van der Waals surface area (Å²) in [7, 11) is 0. The normalized spacial score (nSPS) is 11.1. The highest BCUT2D eigenvalue weighted by atomic mass is 35.5.